The molecule has 22 heavy (non-hydrogen) atoms. The van der Waals surface area contributed by atoms with Crippen LogP contribution in [0.4, 0.5) is 0 Å². The van der Waals surface area contributed by atoms with Crippen molar-refractivity contribution in [3.8, 4) is 5.75 Å². The molecule has 0 aliphatic heterocycles. The minimum absolute atomic E-state index is 0.246. The summed E-state index contributed by atoms with van der Waals surface area (Å²) in [5.74, 6) is -0.392. The highest BCUT2D eigenvalue weighted by atomic mass is 32.1. The fourth-order valence-electron chi connectivity index (χ4n) is 2.19. The number of methoxy groups -OCH3 is 1. The molecule has 1 amide bonds. The quantitative estimate of drug-likeness (QED) is 0.642. The molecule has 0 heterocycles. The first-order chi connectivity index (χ1) is 10.5. The van der Waals surface area contributed by atoms with E-state index in [2.05, 4.69) is 31.8 Å². The molecule has 2 atom stereocenters. The molecule has 0 aliphatic carbocycles. The van der Waals surface area contributed by atoms with E-state index in [4.69, 9.17) is 9.84 Å². The second-order valence-electron chi connectivity index (χ2n) is 5.11. The van der Waals surface area contributed by atoms with E-state index < -0.39 is 17.9 Å². The van der Waals surface area contributed by atoms with Crippen molar-refractivity contribution in [3.05, 3.63) is 29.3 Å². The average molecular weight is 325 g/mol. The number of benzene rings is 1. The van der Waals surface area contributed by atoms with Crippen molar-refractivity contribution in [1.29, 1.82) is 0 Å². The fraction of sp³-hybridized carbons (Fsp3) is 0.500. The third-order valence-electron chi connectivity index (χ3n) is 3.66. The van der Waals surface area contributed by atoms with Gasteiger partial charge in [-0.05, 0) is 36.1 Å². The lowest BCUT2D eigenvalue weighted by Gasteiger charge is -2.19. The Morgan fingerprint density at radius 1 is 1.41 bits per heavy atom. The summed E-state index contributed by atoms with van der Waals surface area (Å²) in [6, 6.07) is 4.39. The molecular formula is C16H23NO4S. The zero-order chi connectivity index (χ0) is 16.7. The van der Waals surface area contributed by atoms with Gasteiger partial charge in [-0.2, -0.15) is 12.6 Å². The number of rotatable bonds is 8. The van der Waals surface area contributed by atoms with Crippen LogP contribution < -0.4 is 10.1 Å². The second kappa shape index (κ2) is 8.68. The number of carboxylic acids is 1. The number of nitrogens with one attached hydrogen (secondary N) is 1. The molecular weight excluding hydrogens is 302 g/mol. The smallest absolute Gasteiger partial charge is 0.326 e. The molecule has 1 aromatic carbocycles. The first-order valence-corrected chi connectivity index (χ1v) is 7.90. The van der Waals surface area contributed by atoms with Crippen LogP contribution in [0.2, 0.25) is 0 Å². The summed E-state index contributed by atoms with van der Waals surface area (Å²) in [5, 5.41) is 11.7. The van der Waals surface area contributed by atoms with Gasteiger partial charge in [0, 0.05) is 0 Å². The van der Waals surface area contributed by atoms with Crippen molar-refractivity contribution in [3.63, 3.8) is 0 Å². The minimum atomic E-state index is -1.07. The maximum atomic E-state index is 12.4. The maximum Gasteiger partial charge on any atom is 0.326 e. The van der Waals surface area contributed by atoms with E-state index in [-0.39, 0.29) is 12.3 Å². The SMILES string of the molecule is CCC(C)c1cccc(C(=O)N[C@@H](CCS)C(=O)O)c1OC. The van der Waals surface area contributed by atoms with Crippen molar-refractivity contribution >= 4 is 24.5 Å². The molecule has 0 spiro atoms. The van der Waals surface area contributed by atoms with E-state index in [9.17, 15) is 9.59 Å². The van der Waals surface area contributed by atoms with Gasteiger partial charge in [0.2, 0.25) is 0 Å². The number of hydrogen-bond donors (Lipinski definition) is 3. The van der Waals surface area contributed by atoms with Crippen LogP contribution in [0.15, 0.2) is 18.2 Å². The summed E-state index contributed by atoms with van der Waals surface area (Å²) < 4.78 is 5.40. The molecule has 0 fully saturated rings. The van der Waals surface area contributed by atoms with Gasteiger partial charge in [0.05, 0.1) is 12.7 Å². The van der Waals surface area contributed by atoms with Gasteiger partial charge in [-0.15, -0.1) is 0 Å². The molecule has 0 saturated heterocycles. The largest absolute Gasteiger partial charge is 0.496 e. The van der Waals surface area contributed by atoms with Crippen molar-refractivity contribution in [2.45, 2.75) is 38.6 Å². The van der Waals surface area contributed by atoms with Gasteiger partial charge >= 0.3 is 5.97 Å². The lowest BCUT2D eigenvalue weighted by Crippen LogP contribution is -2.41. The van der Waals surface area contributed by atoms with Crippen LogP contribution >= 0.6 is 12.6 Å². The number of carbonyl (C=O) groups excluding carboxylic acids is 1. The highest BCUT2D eigenvalue weighted by Crippen LogP contribution is 2.31. The lowest BCUT2D eigenvalue weighted by atomic mass is 9.95. The topological polar surface area (TPSA) is 75.6 Å². The summed E-state index contributed by atoms with van der Waals surface area (Å²) in [7, 11) is 1.51. The Hall–Kier alpha value is -1.69. The van der Waals surface area contributed by atoms with Gasteiger partial charge in [-0.3, -0.25) is 4.79 Å². The summed E-state index contributed by atoms with van der Waals surface area (Å²) >= 11 is 4.02. The Labute approximate surface area is 136 Å². The molecule has 0 bridgehead atoms. The summed E-state index contributed by atoms with van der Waals surface area (Å²) in [4.78, 5) is 23.6. The van der Waals surface area contributed by atoms with E-state index in [1.807, 2.05) is 6.07 Å². The number of amides is 1. The van der Waals surface area contributed by atoms with Crippen molar-refractivity contribution in [1.82, 2.24) is 5.32 Å². The molecule has 0 saturated carbocycles. The molecule has 1 aromatic rings. The number of para-hydroxylation sites is 1. The molecule has 122 valence electrons. The third-order valence-corrected chi connectivity index (χ3v) is 3.92. The number of carboxylic acid groups (broad SMARTS) is 1. The number of thiol groups is 1. The Kier molecular flexibility index (Phi) is 7.24. The van der Waals surface area contributed by atoms with Crippen molar-refractivity contribution in [2.24, 2.45) is 0 Å². The molecule has 6 heteroatoms. The standard InChI is InChI=1S/C16H23NO4S/c1-4-10(2)11-6-5-7-12(14(11)21-3)15(18)17-13(8-9-22)16(19)20/h5-7,10,13,22H,4,8-9H2,1-3H3,(H,17,18)(H,19,20)/t10?,13-/m0/s1. The highest BCUT2D eigenvalue weighted by Gasteiger charge is 2.23. The number of ether oxygens (including phenoxy) is 1. The first-order valence-electron chi connectivity index (χ1n) is 7.27. The summed E-state index contributed by atoms with van der Waals surface area (Å²) in [6.07, 6.45) is 1.18. The molecule has 5 nitrogen and oxygen atoms in total. The predicted molar refractivity (Wildman–Crippen MR) is 89.1 cm³/mol. The second-order valence-corrected chi connectivity index (χ2v) is 5.56. The molecule has 0 aromatic heterocycles. The Bertz CT molecular complexity index is 533. The van der Waals surface area contributed by atoms with E-state index >= 15 is 0 Å². The normalized spacial score (nSPS) is 13.3. The van der Waals surface area contributed by atoms with Crippen molar-refractivity contribution in [2.75, 3.05) is 12.9 Å². The number of aliphatic carboxylic acids is 1. The summed E-state index contributed by atoms with van der Waals surface area (Å²) in [6.45, 7) is 4.12. The van der Waals surface area contributed by atoms with E-state index in [0.29, 0.717) is 17.1 Å². The van der Waals surface area contributed by atoms with E-state index in [0.717, 1.165) is 12.0 Å². The molecule has 0 aliphatic rings. The van der Waals surface area contributed by atoms with Gasteiger partial charge in [-0.25, -0.2) is 4.79 Å². The molecule has 0 radical (unpaired) electrons. The maximum absolute atomic E-state index is 12.4. The first kappa shape index (κ1) is 18.4. The number of hydrogen-bond acceptors (Lipinski definition) is 4. The molecule has 1 rings (SSSR count). The monoisotopic (exact) mass is 325 g/mol. The van der Waals surface area contributed by atoms with Crippen LogP contribution in [-0.2, 0) is 4.79 Å². The minimum Gasteiger partial charge on any atom is -0.496 e. The Morgan fingerprint density at radius 2 is 2.09 bits per heavy atom. The van der Waals surface area contributed by atoms with Crippen LogP contribution in [-0.4, -0.2) is 35.9 Å². The molecule has 1 unspecified atom stereocenters. The predicted octanol–water partition coefficient (Wildman–Crippen LogP) is 2.71. The van der Waals surface area contributed by atoms with E-state index in [1.54, 1.807) is 12.1 Å². The van der Waals surface area contributed by atoms with Crippen LogP contribution in [0.5, 0.6) is 5.75 Å². The van der Waals surface area contributed by atoms with Crippen molar-refractivity contribution < 1.29 is 19.4 Å². The van der Waals surface area contributed by atoms with Gasteiger partial charge in [0.1, 0.15) is 11.8 Å². The zero-order valence-corrected chi connectivity index (χ0v) is 14.0. The van der Waals surface area contributed by atoms with Crippen LogP contribution in [0.3, 0.4) is 0 Å². The van der Waals surface area contributed by atoms with Gasteiger partial charge in [0.25, 0.3) is 5.91 Å². The van der Waals surface area contributed by atoms with Gasteiger partial charge in [0.15, 0.2) is 0 Å². The third kappa shape index (κ3) is 4.40. The van der Waals surface area contributed by atoms with Gasteiger partial charge in [-0.1, -0.05) is 26.0 Å². The lowest BCUT2D eigenvalue weighted by molar-refractivity contribution is -0.139. The summed E-state index contributed by atoms with van der Waals surface area (Å²) in [5.41, 5.74) is 1.30. The Morgan fingerprint density at radius 3 is 2.59 bits per heavy atom. The average Bonchev–Trinajstić information content (AvgIpc) is 2.52. The van der Waals surface area contributed by atoms with Crippen LogP contribution in [0.25, 0.3) is 0 Å². The number of carbonyl (C=O) groups is 2. The zero-order valence-electron chi connectivity index (χ0n) is 13.1. The van der Waals surface area contributed by atoms with E-state index in [1.165, 1.54) is 7.11 Å². The Balaban J connectivity index is 3.09. The fourth-order valence-corrected chi connectivity index (χ4v) is 2.45. The molecule has 2 N–H and O–H groups in total. The van der Waals surface area contributed by atoms with Crippen LogP contribution in [0, 0.1) is 0 Å². The highest BCUT2D eigenvalue weighted by molar-refractivity contribution is 7.80. The van der Waals surface area contributed by atoms with Crippen LogP contribution in [0.1, 0.15) is 48.5 Å². The van der Waals surface area contributed by atoms with Gasteiger partial charge < -0.3 is 15.2 Å².